The number of aromatic nitrogens is 2. The van der Waals surface area contributed by atoms with E-state index < -0.39 is 5.97 Å². The average molecular weight is 286 g/mol. The lowest BCUT2D eigenvalue weighted by Gasteiger charge is -2.15. The molecule has 2 heterocycles. The van der Waals surface area contributed by atoms with Gasteiger partial charge in [0.1, 0.15) is 0 Å². The van der Waals surface area contributed by atoms with Crippen molar-refractivity contribution in [3.8, 4) is 5.69 Å². The van der Waals surface area contributed by atoms with Crippen LogP contribution in [0.2, 0.25) is 0 Å². The first-order valence-corrected chi connectivity index (χ1v) is 7.10. The summed E-state index contributed by atoms with van der Waals surface area (Å²) in [6, 6.07) is 8.09. The summed E-state index contributed by atoms with van der Waals surface area (Å²) in [6.07, 6.45) is 0.682. The van der Waals surface area contributed by atoms with Crippen LogP contribution in [0.3, 0.4) is 0 Å². The summed E-state index contributed by atoms with van der Waals surface area (Å²) in [5, 5.41) is 13.6. The number of ether oxygens (including phenoxy) is 1. The Balaban J connectivity index is 2.14. The molecule has 5 heteroatoms. The van der Waals surface area contributed by atoms with Crippen LogP contribution in [-0.2, 0) is 17.8 Å². The molecule has 5 nitrogen and oxygen atoms in total. The van der Waals surface area contributed by atoms with Crippen molar-refractivity contribution in [2.45, 2.75) is 32.8 Å². The van der Waals surface area contributed by atoms with Gasteiger partial charge in [0.2, 0.25) is 0 Å². The second-order valence-electron chi connectivity index (χ2n) is 5.54. The highest BCUT2D eigenvalue weighted by Gasteiger charge is 2.25. The minimum absolute atomic E-state index is 0.0969. The predicted molar refractivity (Wildman–Crippen MR) is 78.0 cm³/mol. The number of aromatic carboxylic acids is 1. The number of rotatable bonds is 3. The minimum atomic E-state index is -1.00. The zero-order valence-electron chi connectivity index (χ0n) is 12.2. The van der Waals surface area contributed by atoms with E-state index in [0.29, 0.717) is 31.1 Å². The molecule has 0 fully saturated rings. The highest BCUT2D eigenvalue weighted by Crippen LogP contribution is 2.25. The monoisotopic (exact) mass is 286 g/mol. The Morgan fingerprint density at radius 3 is 2.95 bits per heavy atom. The Hall–Kier alpha value is -2.14. The van der Waals surface area contributed by atoms with E-state index in [-0.39, 0.29) is 5.69 Å². The molecular weight excluding hydrogens is 268 g/mol. The van der Waals surface area contributed by atoms with E-state index in [4.69, 9.17) is 4.74 Å². The van der Waals surface area contributed by atoms with E-state index in [1.54, 1.807) is 4.68 Å². The van der Waals surface area contributed by atoms with Crippen LogP contribution < -0.4 is 0 Å². The maximum absolute atomic E-state index is 11.4. The first-order chi connectivity index (χ1) is 10.1. The van der Waals surface area contributed by atoms with Crippen molar-refractivity contribution in [1.82, 2.24) is 9.78 Å². The standard InChI is InChI=1S/C16H18N2O3/c1-10(2)11-4-3-5-12(8-11)18-14-6-7-21-9-13(14)15(17-18)16(19)20/h3-5,8,10H,6-7,9H2,1-2H3,(H,19,20). The van der Waals surface area contributed by atoms with Gasteiger partial charge in [-0.25, -0.2) is 9.48 Å². The largest absolute Gasteiger partial charge is 0.476 e. The summed E-state index contributed by atoms with van der Waals surface area (Å²) in [4.78, 5) is 11.4. The average Bonchev–Trinajstić information content (AvgIpc) is 2.87. The molecule has 110 valence electrons. The van der Waals surface area contributed by atoms with Gasteiger partial charge in [-0.2, -0.15) is 5.10 Å². The van der Waals surface area contributed by atoms with Gasteiger partial charge in [-0.1, -0.05) is 26.0 Å². The van der Waals surface area contributed by atoms with Crippen molar-refractivity contribution in [2.75, 3.05) is 6.61 Å². The lowest BCUT2D eigenvalue weighted by Crippen LogP contribution is -2.13. The van der Waals surface area contributed by atoms with Gasteiger partial charge in [-0.3, -0.25) is 0 Å². The third-order valence-electron chi connectivity index (χ3n) is 3.80. The zero-order chi connectivity index (χ0) is 15.0. The van der Waals surface area contributed by atoms with Gasteiger partial charge in [-0.15, -0.1) is 0 Å². The number of fused-ring (bicyclic) bond motifs is 1. The summed E-state index contributed by atoms with van der Waals surface area (Å²) in [6.45, 7) is 5.19. The van der Waals surface area contributed by atoms with Crippen LogP contribution in [0.1, 0.15) is 47.1 Å². The fourth-order valence-electron chi connectivity index (χ4n) is 2.64. The highest BCUT2D eigenvalue weighted by molar-refractivity contribution is 5.87. The summed E-state index contributed by atoms with van der Waals surface area (Å²) in [5.74, 6) is -0.589. The normalized spacial score (nSPS) is 14.2. The maximum Gasteiger partial charge on any atom is 0.356 e. The van der Waals surface area contributed by atoms with Crippen LogP contribution in [0.4, 0.5) is 0 Å². The van der Waals surface area contributed by atoms with Crippen LogP contribution in [0.25, 0.3) is 5.69 Å². The number of nitrogens with zero attached hydrogens (tertiary/aromatic N) is 2. The summed E-state index contributed by atoms with van der Waals surface area (Å²) in [7, 11) is 0. The summed E-state index contributed by atoms with van der Waals surface area (Å²) < 4.78 is 7.14. The molecule has 1 aliphatic rings. The first-order valence-electron chi connectivity index (χ1n) is 7.10. The van der Waals surface area contributed by atoms with Crippen LogP contribution in [-0.4, -0.2) is 27.5 Å². The van der Waals surface area contributed by atoms with E-state index in [1.807, 2.05) is 12.1 Å². The van der Waals surface area contributed by atoms with Gasteiger partial charge in [0.05, 0.1) is 24.6 Å². The van der Waals surface area contributed by atoms with Gasteiger partial charge < -0.3 is 9.84 Å². The molecule has 21 heavy (non-hydrogen) atoms. The van der Waals surface area contributed by atoms with Gasteiger partial charge in [0.15, 0.2) is 5.69 Å². The second-order valence-corrected chi connectivity index (χ2v) is 5.54. The molecule has 1 aliphatic heterocycles. The number of carbonyl (C=O) groups is 1. The lowest BCUT2D eigenvalue weighted by molar-refractivity contribution is 0.0677. The molecule has 0 spiro atoms. The van der Waals surface area contributed by atoms with Crippen LogP contribution in [0, 0.1) is 0 Å². The molecule has 0 unspecified atom stereocenters. The topological polar surface area (TPSA) is 64.4 Å². The highest BCUT2D eigenvalue weighted by atomic mass is 16.5. The minimum Gasteiger partial charge on any atom is -0.476 e. The Morgan fingerprint density at radius 2 is 2.24 bits per heavy atom. The molecule has 2 aromatic rings. The van der Waals surface area contributed by atoms with Crippen molar-refractivity contribution in [3.05, 3.63) is 46.8 Å². The molecular formula is C16H18N2O3. The number of carboxylic acids is 1. The quantitative estimate of drug-likeness (QED) is 0.942. The van der Waals surface area contributed by atoms with E-state index in [9.17, 15) is 9.90 Å². The molecule has 0 radical (unpaired) electrons. The van der Waals surface area contributed by atoms with Crippen molar-refractivity contribution >= 4 is 5.97 Å². The number of carboxylic acid groups (broad SMARTS) is 1. The lowest BCUT2D eigenvalue weighted by atomic mass is 10.0. The molecule has 0 aliphatic carbocycles. The van der Waals surface area contributed by atoms with E-state index in [1.165, 1.54) is 5.56 Å². The summed E-state index contributed by atoms with van der Waals surface area (Å²) >= 11 is 0. The van der Waals surface area contributed by atoms with Crippen molar-refractivity contribution in [2.24, 2.45) is 0 Å². The van der Waals surface area contributed by atoms with Crippen molar-refractivity contribution in [1.29, 1.82) is 0 Å². The molecule has 0 atom stereocenters. The third kappa shape index (κ3) is 2.45. The number of hydrogen-bond donors (Lipinski definition) is 1. The zero-order valence-corrected chi connectivity index (χ0v) is 12.2. The van der Waals surface area contributed by atoms with Crippen molar-refractivity contribution < 1.29 is 14.6 Å². The van der Waals surface area contributed by atoms with Gasteiger partial charge in [0, 0.05) is 12.0 Å². The van der Waals surface area contributed by atoms with E-state index in [0.717, 1.165) is 11.4 Å². The van der Waals surface area contributed by atoms with Crippen LogP contribution in [0.15, 0.2) is 24.3 Å². The van der Waals surface area contributed by atoms with Gasteiger partial charge in [0.25, 0.3) is 0 Å². The Morgan fingerprint density at radius 1 is 1.43 bits per heavy atom. The fraction of sp³-hybridized carbons (Fsp3) is 0.375. The molecule has 0 saturated carbocycles. The van der Waals surface area contributed by atoms with E-state index >= 15 is 0 Å². The predicted octanol–water partition coefficient (Wildman–Crippen LogP) is 2.77. The second kappa shape index (κ2) is 5.33. The van der Waals surface area contributed by atoms with Gasteiger partial charge >= 0.3 is 5.97 Å². The summed E-state index contributed by atoms with van der Waals surface area (Å²) in [5.41, 5.74) is 3.86. The molecule has 1 N–H and O–H groups in total. The smallest absolute Gasteiger partial charge is 0.356 e. The van der Waals surface area contributed by atoms with E-state index in [2.05, 4.69) is 31.1 Å². The maximum atomic E-state index is 11.4. The molecule has 0 bridgehead atoms. The van der Waals surface area contributed by atoms with Crippen molar-refractivity contribution in [3.63, 3.8) is 0 Å². The number of hydrogen-bond acceptors (Lipinski definition) is 3. The third-order valence-corrected chi connectivity index (χ3v) is 3.80. The molecule has 0 amide bonds. The SMILES string of the molecule is CC(C)c1cccc(-n2nc(C(=O)O)c3c2CCOC3)c1. The van der Waals surface area contributed by atoms with Crippen LogP contribution >= 0.6 is 0 Å². The van der Waals surface area contributed by atoms with Gasteiger partial charge in [-0.05, 0) is 23.6 Å². The Kier molecular flexibility index (Phi) is 3.51. The first kappa shape index (κ1) is 13.8. The molecule has 0 saturated heterocycles. The van der Waals surface area contributed by atoms with Crippen LogP contribution in [0.5, 0.6) is 0 Å². The Labute approximate surface area is 123 Å². The molecule has 1 aromatic carbocycles. The fourth-order valence-corrected chi connectivity index (χ4v) is 2.64. The molecule has 1 aromatic heterocycles. The Bertz CT molecular complexity index is 689. The molecule has 3 rings (SSSR count). The number of benzene rings is 1.